The minimum Gasteiger partial charge on any atom is -0.497 e. The summed E-state index contributed by atoms with van der Waals surface area (Å²) >= 11 is 12.1. The summed E-state index contributed by atoms with van der Waals surface area (Å²) in [5.74, 6) is -0.211. The van der Waals surface area contributed by atoms with Gasteiger partial charge in [-0.05, 0) is 54.6 Å². The minimum absolute atomic E-state index is 0.192. The number of hydrogen-bond acceptors (Lipinski definition) is 6. The first-order chi connectivity index (χ1) is 18.3. The van der Waals surface area contributed by atoms with Crippen LogP contribution in [0.15, 0.2) is 78.9 Å². The Morgan fingerprint density at radius 2 is 1.68 bits per heavy atom. The van der Waals surface area contributed by atoms with Gasteiger partial charge in [-0.3, -0.25) is 14.9 Å². The van der Waals surface area contributed by atoms with Crippen molar-refractivity contribution in [3.05, 3.63) is 100 Å². The second-order valence-electron chi connectivity index (χ2n) is 7.98. The van der Waals surface area contributed by atoms with Crippen LogP contribution in [-0.2, 0) is 16.2 Å². The van der Waals surface area contributed by atoms with Crippen molar-refractivity contribution in [2.75, 3.05) is 18.6 Å². The van der Waals surface area contributed by atoms with Crippen LogP contribution in [-0.4, -0.2) is 31.6 Å². The van der Waals surface area contributed by atoms with Crippen LogP contribution >= 0.6 is 23.2 Å². The number of carbonyl (C=O) groups excluding carboxylic acids is 3. The van der Waals surface area contributed by atoms with E-state index < -0.39 is 17.8 Å². The largest absolute Gasteiger partial charge is 0.497 e. The van der Waals surface area contributed by atoms with Crippen LogP contribution in [0.25, 0.3) is 6.08 Å². The van der Waals surface area contributed by atoms with E-state index in [1.807, 2.05) is 0 Å². The summed E-state index contributed by atoms with van der Waals surface area (Å²) < 4.78 is 16.6. The Kier molecular flexibility index (Phi) is 8.35. The molecule has 1 heterocycles. The molecule has 0 atom stereocenters. The molecule has 0 aliphatic carbocycles. The number of anilines is 1. The van der Waals surface area contributed by atoms with Crippen molar-refractivity contribution >= 4 is 52.8 Å². The van der Waals surface area contributed by atoms with Gasteiger partial charge in [0.05, 0.1) is 12.8 Å². The maximum atomic E-state index is 13.3. The first-order valence-corrected chi connectivity index (χ1v) is 12.1. The number of halogens is 2. The number of urea groups is 1. The molecule has 194 valence electrons. The Morgan fingerprint density at radius 3 is 2.37 bits per heavy atom. The van der Waals surface area contributed by atoms with Crippen LogP contribution in [0.4, 0.5) is 10.5 Å². The van der Waals surface area contributed by atoms with E-state index in [1.54, 1.807) is 54.6 Å². The SMILES string of the molecule is C=CCOc1cc(OC)ccc1/C=C1\C(=O)NC(=O)N(c2ccc(OCc3ccc(Cl)cc3Cl)cc2)C1=O. The van der Waals surface area contributed by atoms with Crippen molar-refractivity contribution in [1.82, 2.24) is 5.32 Å². The molecule has 1 saturated heterocycles. The molecular formula is C28H22Cl2N2O6. The van der Waals surface area contributed by atoms with Gasteiger partial charge in [-0.15, -0.1) is 0 Å². The van der Waals surface area contributed by atoms with Gasteiger partial charge in [0.1, 0.15) is 36.0 Å². The highest BCUT2D eigenvalue weighted by molar-refractivity contribution is 6.39. The number of carbonyl (C=O) groups is 3. The topological polar surface area (TPSA) is 94.2 Å². The molecule has 3 aromatic rings. The minimum atomic E-state index is -0.864. The lowest BCUT2D eigenvalue weighted by atomic mass is 10.1. The number of hydrogen-bond donors (Lipinski definition) is 1. The molecule has 0 unspecified atom stereocenters. The van der Waals surface area contributed by atoms with E-state index in [0.29, 0.717) is 32.9 Å². The Hall–Kier alpha value is -4.27. The number of nitrogens with one attached hydrogen (secondary N) is 1. The van der Waals surface area contributed by atoms with Crippen LogP contribution in [0.5, 0.6) is 17.2 Å². The van der Waals surface area contributed by atoms with Crippen molar-refractivity contribution in [3.8, 4) is 17.2 Å². The fraction of sp³-hybridized carbons (Fsp3) is 0.107. The number of amides is 4. The fourth-order valence-corrected chi connectivity index (χ4v) is 4.04. The number of ether oxygens (including phenoxy) is 3. The molecular weight excluding hydrogens is 531 g/mol. The summed E-state index contributed by atoms with van der Waals surface area (Å²) in [6, 6.07) is 15.4. The van der Waals surface area contributed by atoms with E-state index in [1.165, 1.54) is 25.3 Å². The standard InChI is InChI=1S/C28H22Cl2N2O6/c1-3-12-37-25-15-22(36-2)9-5-17(25)13-23-26(33)31-28(35)32(27(23)34)20-7-10-21(11-8-20)38-16-18-4-6-19(29)14-24(18)30/h3-11,13-15H,1,12,16H2,2H3,(H,31,33,35)/b23-13+. The summed E-state index contributed by atoms with van der Waals surface area (Å²) in [6.45, 7) is 4.02. The number of methoxy groups -OCH3 is 1. The van der Waals surface area contributed by atoms with E-state index in [9.17, 15) is 14.4 Å². The van der Waals surface area contributed by atoms with Crippen molar-refractivity contribution in [3.63, 3.8) is 0 Å². The third kappa shape index (κ3) is 5.99. The normalized spacial score (nSPS) is 14.3. The molecule has 1 N–H and O–H groups in total. The first kappa shape index (κ1) is 26.8. The zero-order valence-corrected chi connectivity index (χ0v) is 21.7. The number of barbiturate groups is 1. The first-order valence-electron chi connectivity index (χ1n) is 11.3. The van der Waals surface area contributed by atoms with Crippen LogP contribution in [0.1, 0.15) is 11.1 Å². The average Bonchev–Trinajstić information content (AvgIpc) is 2.90. The second kappa shape index (κ2) is 11.9. The Labute approximate surface area is 229 Å². The number of rotatable bonds is 9. The molecule has 10 heteroatoms. The molecule has 0 bridgehead atoms. The molecule has 4 amide bonds. The van der Waals surface area contributed by atoms with Crippen molar-refractivity contribution in [2.45, 2.75) is 6.61 Å². The van der Waals surface area contributed by atoms with E-state index in [2.05, 4.69) is 11.9 Å². The fourth-order valence-electron chi connectivity index (χ4n) is 3.57. The predicted octanol–water partition coefficient (Wildman–Crippen LogP) is 5.81. The highest BCUT2D eigenvalue weighted by atomic mass is 35.5. The van der Waals surface area contributed by atoms with Gasteiger partial charge in [-0.25, -0.2) is 9.69 Å². The van der Waals surface area contributed by atoms with Gasteiger partial charge in [0.25, 0.3) is 11.8 Å². The number of nitrogens with zero attached hydrogens (tertiary/aromatic N) is 1. The number of imide groups is 2. The van der Waals surface area contributed by atoms with E-state index in [0.717, 1.165) is 10.5 Å². The molecule has 8 nitrogen and oxygen atoms in total. The maximum absolute atomic E-state index is 13.3. The van der Waals surface area contributed by atoms with Gasteiger partial charge in [0.15, 0.2) is 0 Å². The summed E-state index contributed by atoms with van der Waals surface area (Å²) in [7, 11) is 1.51. The molecule has 3 aromatic carbocycles. The van der Waals surface area contributed by atoms with E-state index in [-0.39, 0.29) is 24.5 Å². The predicted molar refractivity (Wildman–Crippen MR) is 145 cm³/mol. The third-order valence-corrected chi connectivity index (χ3v) is 6.07. The molecule has 1 fully saturated rings. The third-order valence-electron chi connectivity index (χ3n) is 5.48. The summed E-state index contributed by atoms with van der Waals surface area (Å²) in [5, 5.41) is 3.20. The smallest absolute Gasteiger partial charge is 0.335 e. The summed E-state index contributed by atoms with van der Waals surface area (Å²) in [6.07, 6.45) is 2.93. The quantitative estimate of drug-likeness (QED) is 0.204. The molecule has 0 spiro atoms. The van der Waals surface area contributed by atoms with Crippen molar-refractivity contribution < 1.29 is 28.6 Å². The van der Waals surface area contributed by atoms with Crippen LogP contribution in [0.2, 0.25) is 10.0 Å². The lowest BCUT2D eigenvalue weighted by Gasteiger charge is -2.26. The summed E-state index contributed by atoms with van der Waals surface area (Å²) in [4.78, 5) is 39.4. The van der Waals surface area contributed by atoms with E-state index in [4.69, 9.17) is 37.4 Å². The van der Waals surface area contributed by atoms with Gasteiger partial charge in [0, 0.05) is 27.2 Å². The lowest BCUT2D eigenvalue weighted by Crippen LogP contribution is -2.54. The van der Waals surface area contributed by atoms with Crippen LogP contribution in [0.3, 0.4) is 0 Å². The zero-order chi connectivity index (χ0) is 27.2. The highest BCUT2D eigenvalue weighted by Crippen LogP contribution is 2.30. The molecule has 0 saturated carbocycles. The van der Waals surface area contributed by atoms with Crippen molar-refractivity contribution in [1.29, 1.82) is 0 Å². The van der Waals surface area contributed by atoms with Gasteiger partial charge in [0.2, 0.25) is 0 Å². The monoisotopic (exact) mass is 552 g/mol. The van der Waals surface area contributed by atoms with Crippen LogP contribution < -0.4 is 24.4 Å². The molecule has 38 heavy (non-hydrogen) atoms. The molecule has 1 aliphatic rings. The molecule has 4 rings (SSSR count). The van der Waals surface area contributed by atoms with Crippen molar-refractivity contribution in [2.24, 2.45) is 0 Å². The Morgan fingerprint density at radius 1 is 0.947 bits per heavy atom. The zero-order valence-electron chi connectivity index (χ0n) is 20.2. The Balaban J connectivity index is 1.56. The maximum Gasteiger partial charge on any atom is 0.335 e. The molecule has 0 aromatic heterocycles. The highest BCUT2D eigenvalue weighted by Gasteiger charge is 2.37. The number of benzene rings is 3. The van der Waals surface area contributed by atoms with Gasteiger partial charge in [-0.1, -0.05) is 41.9 Å². The van der Waals surface area contributed by atoms with Gasteiger partial charge >= 0.3 is 6.03 Å². The van der Waals surface area contributed by atoms with Gasteiger partial charge in [-0.2, -0.15) is 0 Å². The van der Waals surface area contributed by atoms with Gasteiger partial charge < -0.3 is 14.2 Å². The lowest BCUT2D eigenvalue weighted by molar-refractivity contribution is -0.122. The Bertz CT molecular complexity index is 1440. The molecule has 1 aliphatic heterocycles. The average molecular weight is 553 g/mol. The van der Waals surface area contributed by atoms with E-state index >= 15 is 0 Å². The molecule has 0 radical (unpaired) electrons. The second-order valence-corrected chi connectivity index (χ2v) is 8.82. The van der Waals surface area contributed by atoms with Crippen LogP contribution in [0, 0.1) is 0 Å². The summed E-state index contributed by atoms with van der Waals surface area (Å²) in [5.41, 5.74) is 1.20.